The molecule has 0 saturated carbocycles. The van der Waals surface area contributed by atoms with Gasteiger partial charge < -0.3 is 14.7 Å². The number of amides is 1. The molecular weight excluding hydrogens is 222 g/mol. The Kier molecular flexibility index (Phi) is 8.40. The number of carbonyl (C=O) groups excluding carboxylic acids is 1. The molecule has 0 aliphatic rings. The zero-order chi connectivity index (χ0) is 13.3. The molecule has 0 rings (SSSR count). The van der Waals surface area contributed by atoms with Crippen LogP contribution < -0.4 is 0 Å². The maximum atomic E-state index is 11.7. The quantitative estimate of drug-likeness (QED) is 0.625. The molecule has 0 bridgehead atoms. The first-order valence-electron chi connectivity index (χ1n) is 6.08. The van der Waals surface area contributed by atoms with Gasteiger partial charge in [-0.1, -0.05) is 19.8 Å². The van der Waals surface area contributed by atoms with Gasteiger partial charge in [0.2, 0.25) is 5.91 Å². The van der Waals surface area contributed by atoms with Crippen molar-refractivity contribution in [2.45, 2.75) is 46.1 Å². The standard InChI is InChI=1S/C12H23NO4/c1-4-5-6-7-17-9-11(14)13(10(2)3)8-12(15)16/h10H,4-9H2,1-3H3,(H,15,16). The van der Waals surface area contributed by atoms with Crippen molar-refractivity contribution >= 4 is 11.9 Å². The molecule has 5 heteroatoms. The molecule has 0 aromatic rings. The normalized spacial score (nSPS) is 10.6. The molecule has 0 aromatic heterocycles. The van der Waals surface area contributed by atoms with E-state index in [-0.39, 0.29) is 25.1 Å². The van der Waals surface area contributed by atoms with Crippen molar-refractivity contribution in [3.05, 3.63) is 0 Å². The highest BCUT2D eigenvalue weighted by Gasteiger charge is 2.19. The summed E-state index contributed by atoms with van der Waals surface area (Å²) in [5.41, 5.74) is 0. The van der Waals surface area contributed by atoms with Crippen molar-refractivity contribution in [2.24, 2.45) is 0 Å². The number of carboxylic acid groups (broad SMARTS) is 1. The van der Waals surface area contributed by atoms with Crippen LogP contribution in [0.15, 0.2) is 0 Å². The summed E-state index contributed by atoms with van der Waals surface area (Å²) in [5.74, 6) is -1.27. The van der Waals surface area contributed by atoms with Crippen molar-refractivity contribution < 1.29 is 19.4 Å². The van der Waals surface area contributed by atoms with Gasteiger partial charge >= 0.3 is 5.97 Å². The molecule has 0 radical (unpaired) electrons. The van der Waals surface area contributed by atoms with Crippen LogP contribution >= 0.6 is 0 Å². The third-order valence-electron chi connectivity index (χ3n) is 2.37. The van der Waals surface area contributed by atoms with E-state index >= 15 is 0 Å². The molecule has 0 saturated heterocycles. The molecule has 1 amide bonds. The summed E-state index contributed by atoms with van der Waals surface area (Å²) in [7, 11) is 0. The third kappa shape index (κ3) is 7.74. The van der Waals surface area contributed by atoms with Crippen molar-refractivity contribution in [3.63, 3.8) is 0 Å². The molecule has 0 atom stereocenters. The van der Waals surface area contributed by atoms with Gasteiger partial charge in [-0.25, -0.2) is 0 Å². The third-order valence-corrected chi connectivity index (χ3v) is 2.37. The Labute approximate surface area is 103 Å². The lowest BCUT2D eigenvalue weighted by molar-refractivity contribution is -0.148. The van der Waals surface area contributed by atoms with Gasteiger partial charge in [-0.2, -0.15) is 0 Å². The Morgan fingerprint density at radius 3 is 2.41 bits per heavy atom. The molecule has 100 valence electrons. The first-order chi connectivity index (χ1) is 7.99. The second-order valence-electron chi connectivity index (χ2n) is 4.27. The van der Waals surface area contributed by atoms with E-state index in [1.54, 1.807) is 13.8 Å². The number of nitrogens with zero attached hydrogens (tertiary/aromatic N) is 1. The Hall–Kier alpha value is -1.10. The molecule has 0 aliphatic heterocycles. The van der Waals surface area contributed by atoms with E-state index in [1.165, 1.54) is 4.90 Å². The lowest BCUT2D eigenvalue weighted by Crippen LogP contribution is -2.42. The predicted octanol–water partition coefficient (Wildman–Crippen LogP) is 1.51. The second-order valence-corrected chi connectivity index (χ2v) is 4.27. The molecule has 0 aliphatic carbocycles. The van der Waals surface area contributed by atoms with Gasteiger partial charge in [0.25, 0.3) is 0 Å². The van der Waals surface area contributed by atoms with Gasteiger partial charge in [0.1, 0.15) is 13.2 Å². The highest BCUT2D eigenvalue weighted by atomic mass is 16.5. The van der Waals surface area contributed by atoms with Crippen LogP contribution in [0.4, 0.5) is 0 Å². The number of hydrogen-bond acceptors (Lipinski definition) is 3. The molecular formula is C12H23NO4. The van der Waals surface area contributed by atoms with Crippen LogP contribution in [0, 0.1) is 0 Å². The SMILES string of the molecule is CCCCCOCC(=O)N(CC(=O)O)C(C)C. The first-order valence-corrected chi connectivity index (χ1v) is 6.08. The Morgan fingerprint density at radius 1 is 1.29 bits per heavy atom. The predicted molar refractivity (Wildman–Crippen MR) is 64.8 cm³/mol. The highest BCUT2D eigenvalue weighted by Crippen LogP contribution is 2.00. The fourth-order valence-electron chi connectivity index (χ4n) is 1.40. The van der Waals surface area contributed by atoms with Crippen LogP contribution in [0.2, 0.25) is 0 Å². The fourth-order valence-corrected chi connectivity index (χ4v) is 1.40. The van der Waals surface area contributed by atoms with Crippen molar-refractivity contribution in [3.8, 4) is 0 Å². The Balaban J connectivity index is 3.94. The monoisotopic (exact) mass is 245 g/mol. The van der Waals surface area contributed by atoms with Gasteiger partial charge in [0.15, 0.2) is 0 Å². The summed E-state index contributed by atoms with van der Waals surface area (Å²) >= 11 is 0. The van der Waals surface area contributed by atoms with Gasteiger partial charge in [0.05, 0.1) is 0 Å². The molecule has 5 nitrogen and oxygen atoms in total. The summed E-state index contributed by atoms with van der Waals surface area (Å²) in [6.07, 6.45) is 3.12. The van der Waals surface area contributed by atoms with Gasteiger partial charge in [0, 0.05) is 12.6 Å². The summed E-state index contributed by atoms with van der Waals surface area (Å²) in [5, 5.41) is 8.69. The van der Waals surface area contributed by atoms with Crippen LogP contribution in [0.3, 0.4) is 0 Å². The number of ether oxygens (including phenoxy) is 1. The maximum Gasteiger partial charge on any atom is 0.323 e. The molecule has 0 fully saturated rings. The minimum atomic E-state index is -1.00. The lowest BCUT2D eigenvalue weighted by atomic mass is 10.3. The number of unbranched alkanes of at least 4 members (excludes halogenated alkanes) is 2. The zero-order valence-corrected chi connectivity index (χ0v) is 10.9. The summed E-state index contributed by atoms with van der Waals surface area (Å²) in [6.45, 7) is 5.93. The largest absolute Gasteiger partial charge is 0.480 e. The van der Waals surface area contributed by atoms with E-state index in [2.05, 4.69) is 6.92 Å². The molecule has 17 heavy (non-hydrogen) atoms. The second kappa shape index (κ2) is 8.98. The summed E-state index contributed by atoms with van der Waals surface area (Å²) < 4.78 is 5.23. The van der Waals surface area contributed by atoms with Gasteiger partial charge in [-0.3, -0.25) is 9.59 Å². The number of carboxylic acids is 1. The molecule has 0 unspecified atom stereocenters. The lowest BCUT2D eigenvalue weighted by Gasteiger charge is -2.24. The average Bonchev–Trinajstić information content (AvgIpc) is 2.24. The van der Waals surface area contributed by atoms with E-state index in [9.17, 15) is 9.59 Å². The summed E-state index contributed by atoms with van der Waals surface area (Å²) in [6, 6.07) is -0.127. The van der Waals surface area contributed by atoms with Crippen LogP contribution in [0.5, 0.6) is 0 Å². The van der Waals surface area contributed by atoms with Crippen LogP contribution in [-0.2, 0) is 14.3 Å². The smallest absolute Gasteiger partial charge is 0.323 e. The Morgan fingerprint density at radius 2 is 1.94 bits per heavy atom. The topological polar surface area (TPSA) is 66.8 Å². The highest BCUT2D eigenvalue weighted by molar-refractivity contribution is 5.82. The average molecular weight is 245 g/mol. The number of carbonyl (C=O) groups is 2. The molecule has 0 aromatic carbocycles. The number of aliphatic carboxylic acids is 1. The molecule has 0 spiro atoms. The van der Waals surface area contributed by atoms with E-state index in [0.717, 1.165) is 19.3 Å². The van der Waals surface area contributed by atoms with Crippen molar-refractivity contribution in [2.75, 3.05) is 19.8 Å². The molecule has 0 heterocycles. The van der Waals surface area contributed by atoms with Crippen molar-refractivity contribution in [1.82, 2.24) is 4.90 Å². The van der Waals surface area contributed by atoms with Crippen LogP contribution in [0.25, 0.3) is 0 Å². The van der Waals surface area contributed by atoms with Crippen LogP contribution in [-0.4, -0.2) is 47.7 Å². The number of rotatable bonds is 9. The zero-order valence-electron chi connectivity index (χ0n) is 10.9. The Bertz CT molecular complexity index is 241. The summed E-state index contributed by atoms with van der Waals surface area (Å²) in [4.78, 5) is 23.6. The van der Waals surface area contributed by atoms with E-state index in [4.69, 9.17) is 9.84 Å². The van der Waals surface area contributed by atoms with E-state index < -0.39 is 5.97 Å². The maximum absolute atomic E-state index is 11.7. The molecule has 1 N–H and O–H groups in total. The van der Waals surface area contributed by atoms with Crippen molar-refractivity contribution in [1.29, 1.82) is 0 Å². The fraction of sp³-hybridized carbons (Fsp3) is 0.833. The van der Waals surface area contributed by atoms with Gasteiger partial charge in [-0.05, 0) is 20.3 Å². The minimum Gasteiger partial charge on any atom is -0.480 e. The van der Waals surface area contributed by atoms with Gasteiger partial charge in [-0.15, -0.1) is 0 Å². The minimum absolute atomic E-state index is 0.0326. The van der Waals surface area contributed by atoms with Crippen LogP contribution in [0.1, 0.15) is 40.0 Å². The van der Waals surface area contributed by atoms with E-state index in [1.807, 2.05) is 0 Å². The van der Waals surface area contributed by atoms with E-state index in [0.29, 0.717) is 6.61 Å². The first kappa shape index (κ1) is 15.9. The number of hydrogen-bond donors (Lipinski definition) is 1.